The van der Waals surface area contributed by atoms with Crippen LogP contribution in [0.15, 0.2) is 48.5 Å². The van der Waals surface area contributed by atoms with Gasteiger partial charge >= 0.3 is 12.1 Å². The van der Waals surface area contributed by atoms with E-state index in [1.165, 1.54) is 0 Å². The molecule has 0 unspecified atom stereocenters. The van der Waals surface area contributed by atoms with E-state index in [2.05, 4.69) is 5.32 Å². The zero-order valence-corrected chi connectivity index (χ0v) is 13.8. The molecule has 0 aliphatic rings. The van der Waals surface area contributed by atoms with E-state index in [4.69, 9.17) is 9.47 Å². The number of ether oxygens (including phenoxy) is 2. The molecule has 0 saturated carbocycles. The molecule has 0 spiro atoms. The van der Waals surface area contributed by atoms with Gasteiger partial charge in [-0.05, 0) is 42.0 Å². The van der Waals surface area contributed by atoms with Crippen LogP contribution in [0.4, 0.5) is 13.2 Å². The first-order valence-corrected chi connectivity index (χ1v) is 7.53. The molecule has 2 rings (SSSR count). The molecule has 0 aliphatic heterocycles. The molecule has 0 bridgehead atoms. The van der Waals surface area contributed by atoms with E-state index in [0.717, 1.165) is 29.8 Å². The van der Waals surface area contributed by atoms with Gasteiger partial charge < -0.3 is 14.8 Å². The number of rotatable bonds is 6. The number of halogens is 3. The first-order chi connectivity index (χ1) is 12.3. The normalized spacial score (nSPS) is 10.9. The quantitative estimate of drug-likeness (QED) is 0.797. The second-order valence-electron chi connectivity index (χ2n) is 5.28. The predicted octanol–water partition coefficient (Wildman–Crippen LogP) is 3.19. The maximum absolute atomic E-state index is 12.5. The molecule has 2 aromatic carbocycles. The number of carbonyl (C=O) groups excluding carboxylic acids is 2. The average molecular weight is 367 g/mol. The highest BCUT2D eigenvalue weighted by Crippen LogP contribution is 2.29. The van der Waals surface area contributed by atoms with Crippen molar-refractivity contribution in [2.75, 3.05) is 13.7 Å². The van der Waals surface area contributed by atoms with Crippen molar-refractivity contribution in [3.05, 3.63) is 65.2 Å². The number of hydrogen-bond donors (Lipinski definition) is 1. The van der Waals surface area contributed by atoms with E-state index in [1.807, 2.05) is 0 Å². The third-order valence-corrected chi connectivity index (χ3v) is 3.43. The van der Waals surface area contributed by atoms with Crippen LogP contribution in [0.2, 0.25) is 0 Å². The van der Waals surface area contributed by atoms with Gasteiger partial charge in [0.2, 0.25) is 0 Å². The largest absolute Gasteiger partial charge is 0.497 e. The summed E-state index contributed by atoms with van der Waals surface area (Å²) in [5, 5.41) is 2.57. The number of amides is 1. The van der Waals surface area contributed by atoms with Gasteiger partial charge in [-0.3, -0.25) is 4.79 Å². The van der Waals surface area contributed by atoms with Gasteiger partial charge in [-0.2, -0.15) is 13.2 Å². The molecule has 26 heavy (non-hydrogen) atoms. The smallest absolute Gasteiger partial charge is 0.416 e. The molecule has 0 radical (unpaired) electrons. The third kappa shape index (κ3) is 5.51. The Hall–Kier alpha value is -3.03. The molecule has 1 N–H and O–H groups in total. The summed E-state index contributed by atoms with van der Waals surface area (Å²) in [6.45, 7) is -0.295. The number of nitrogens with one attached hydrogen (secondary N) is 1. The first-order valence-electron chi connectivity index (χ1n) is 7.53. The van der Waals surface area contributed by atoms with Crippen LogP contribution in [-0.2, 0) is 22.3 Å². The maximum atomic E-state index is 12.5. The summed E-state index contributed by atoms with van der Waals surface area (Å²) in [6, 6.07) is 10.6. The van der Waals surface area contributed by atoms with Gasteiger partial charge in [0.25, 0.3) is 5.91 Å². The summed E-state index contributed by atoms with van der Waals surface area (Å²) in [5.74, 6) is -0.718. The van der Waals surface area contributed by atoms with E-state index in [0.29, 0.717) is 5.75 Å². The molecule has 0 fully saturated rings. The zero-order valence-electron chi connectivity index (χ0n) is 13.8. The Morgan fingerprint density at radius 2 is 1.62 bits per heavy atom. The van der Waals surface area contributed by atoms with Crippen LogP contribution in [-0.4, -0.2) is 25.6 Å². The Labute approximate surface area is 147 Å². The summed E-state index contributed by atoms with van der Waals surface area (Å²) in [5.41, 5.74) is -0.111. The van der Waals surface area contributed by atoms with Gasteiger partial charge in [-0.25, -0.2) is 4.79 Å². The van der Waals surface area contributed by atoms with Crippen LogP contribution in [0.5, 0.6) is 5.75 Å². The average Bonchev–Trinajstić information content (AvgIpc) is 2.64. The maximum Gasteiger partial charge on any atom is 0.416 e. The topological polar surface area (TPSA) is 64.6 Å². The fraction of sp³-hybridized carbons (Fsp3) is 0.222. The summed E-state index contributed by atoms with van der Waals surface area (Å²) >= 11 is 0. The second kappa shape index (κ2) is 8.37. The zero-order chi connectivity index (χ0) is 19.2. The van der Waals surface area contributed by atoms with Gasteiger partial charge in [0.1, 0.15) is 5.75 Å². The van der Waals surface area contributed by atoms with Crippen molar-refractivity contribution in [1.29, 1.82) is 0 Å². The monoisotopic (exact) mass is 367 g/mol. The van der Waals surface area contributed by atoms with Crippen molar-refractivity contribution in [1.82, 2.24) is 5.32 Å². The minimum atomic E-state index is -4.48. The molecule has 5 nitrogen and oxygen atoms in total. The van der Waals surface area contributed by atoms with E-state index in [-0.39, 0.29) is 12.1 Å². The van der Waals surface area contributed by atoms with Crippen molar-refractivity contribution in [2.24, 2.45) is 0 Å². The minimum absolute atomic E-state index is 0.0686. The van der Waals surface area contributed by atoms with Crippen LogP contribution in [0, 0.1) is 0 Å². The van der Waals surface area contributed by atoms with Crippen molar-refractivity contribution in [2.45, 2.75) is 12.7 Å². The Morgan fingerprint density at radius 1 is 1.00 bits per heavy atom. The number of hydrogen-bond acceptors (Lipinski definition) is 4. The number of benzene rings is 2. The van der Waals surface area contributed by atoms with Crippen LogP contribution in [0.25, 0.3) is 0 Å². The van der Waals surface area contributed by atoms with Gasteiger partial charge in [0.05, 0.1) is 18.2 Å². The van der Waals surface area contributed by atoms with Crippen molar-refractivity contribution >= 4 is 11.9 Å². The highest BCUT2D eigenvalue weighted by molar-refractivity contribution is 5.91. The van der Waals surface area contributed by atoms with Gasteiger partial charge in [0.15, 0.2) is 6.61 Å². The summed E-state index contributed by atoms with van der Waals surface area (Å²) in [4.78, 5) is 23.5. The fourth-order valence-corrected chi connectivity index (χ4v) is 2.00. The van der Waals surface area contributed by atoms with E-state index < -0.39 is 30.2 Å². The highest BCUT2D eigenvalue weighted by atomic mass is 19.4. The molecule has 8 heteroatoms. The van der Waals surface area contributed by atoms with Crippen LogP contribution >= 0.6 is 0 Å². The number of carbonyl (C=O) groups is 2. The van der Waals surface area contributed by atoms with E-state index >= 15 is 0 Å². The third-order valence-electron chi connectivity index (χ3n) is 3.43. The lowest BCUT2D eigenvalue weighted by atomic mass is 10.1. The Morgan fingerprint density at radius 3 is 2.15 bits per heavy atom. The lowest BCUT2D eigenvalue weighted by molar-refractivity contribution is -0.137. The molecule has 2 aromatic rings. The Kier molecular flexibility index (Phi) is 6.21. The minimum Gasteiger partial charge on any atom is -0.497 e. The summed E-state index contributed by atoms with van der Waals surface area (Å²) in [6.07, 6.45) is -4.48. The molecule has 138 valence electrons. The van der Waals surface area contributed by atoms with Crippen molar-refractivity contribution < 1.29 is 32.2 Å². The summed E-state index contributed by atoms with van der Waals surface area (Å²) in [7, 11) is 1.54. The number of alkyl halides is 3. The van der Waals surface area contributed by atoms with Gasteiger partial charge in [0, 0.05) is 6.54 Å². The lowest BCUT2D eigenvalue weighted by Gasteiger charge is -2.09. The standard InChI is InChI=1S/C18H16F3NO4/c1-25-15-8-2-12(3-9-15)10-22-16(23)11-26-17(24)13-4-6-14(7-5-13)18(19,20)21/h2-9H,10-11H2,1H3,(H,22,23). The SMILES string of the molecule is COc1ccc(CNC(=O)COC(=O)c2ccc(C(F)(F)F)cc2)cc1. The van der Waals surface area contributed by atoms with Crippen LogP contribution in [0.1, 0.15) is 21.5 Å². The summed E-state index contributed by atoms with van der Waals surface area (Å²) < 4.78 is 47.2. The van der Waals surface area contributed by atoms with E-state index in [9.17, 15) is 22.8 Å². The molecule has 0 heterocycles. The molecule has 1 amide bonds. The van der Waals surface area contributed by atoms with E-state index in [1.54, 1.807) is 31.4 Å². The first kappa shape index (κ1) is 19.3. The predicted molar refractivity (Wildman–Crippen MR) is 86.6 cm³/mol. The Bertz CT molecular complexity index is 756. The molecule has 0 atom stereocenters. The van der Waals surface area contributed by atoms with Crippen molar-refractivity contribution in [3.63, 3.8) is 0 Å². The van der Waals surface area contributed by atoms with Crippen LogP contribution < -0.4 is 10.1 Å². The number of esters is 1. The lowest BCUT2D eigenvalue weighted by Crippen LogP contribution is -2.28. The fourth-order valence-electron chi connectivity index (χ4n) is 2.00. The van der Waals surface area contributed by atoms with Gasteiger partial charge in [-0.1, -0.05) is 12.1 Å². The molecule has 0 aromatic heterocycles. The highest BCUT2D eigenvalue weighted by Gasteiger charge is 2.30. The van der Waals surface area contributed by atoms with Crippen LogP contribution in [0.3, 0.4) is 0 Å². The second-order valence-corrected chi connectivity index (χ2v) is 5.28. The molecular formula is C18H16F3NO4. The van der Waals surface area contributed by atoms with Gasteiger partial charge in [-0.15, -0.1) is 0 Å². The molecule has 0 saturated heterocycles. The van der Waals surface area contributed by atoms with Crippen molar-refractivity contribution in [3.8, 4) is 5.75 Å². The number of methoxy groups -OCH3 is 1. The Balaban J connectivity index is 1.79. The molecular weight excluding hydrogens is 351 g/mol. The molecule has 0 aliphatic carbocycles.